The van der Waals surface area contributed by atoms with Crippen molar-refractivity contribution in [1.82, 2.24) is 5.32 Å². The maximum atomic E-state index is 12.1. The Morgan fingerprint density at radius 1 is 1.23 bits per heavy atom. The highest BCUT2D eigenvalue weighted by atomic mass is 16.6. The van der Waals surface area contributed by atoms with Crippen molar-refractivity contribution < 1.29 is 14.5 Å². The molecule has 2 aromatic carbocycles. The normalized spacial score (nSPS) is 10.5. The SMILES string of the molecule is CNC(=O)c1cc([N+](=O)[O-])ccc1NCc1ccccc1OCC(C)C. The van der Waals surface area contributed by atoms with E-state index in [0.717, 1.165) is 11.3 Å². The largest absolute Gasteiger partial charge is 0.493 e. The molecule has 0 saturated carbocycles. The van der Waals surface area contributed by atoms with Gasteiger partial charge in [0.15, 0.2) is 0 Å². The fourth-order valence-corrected chi connectivity index (χ4v) is 2.36. The first-order chi connectivity index (χ1) is 12.4. The quantitative estimate of drug-likeness (QED) is 0.556. The Balaban J connectivity index is 2.22. The van der Waals surface area contributed by atoms with Gasteiger partial charge in [-0.3, -0.25) is 14.9 Å². The van der Waals surface area contributed by atoms with Crippen LogP contribution in [0.25, 0.3) is 0 Å². The average Bonchev–Trinajstić information content (AvgIpc) is 2.64. The number of nitrogens with one attached hydrogen (secondary N) is 2. The van der Waals surface area contributed by atoms with Crippen LogP contribution < -0.4 is 15.4 Å². The number of carbonyl (C=O) groups excluding carboxylic acids is 1. The molecule has 0 aliphatic carbocycles. The first kappa shape index (κ1) is 19.2. The van der Waals surface area contributed by atoms with Crippen molar-refractivity contribution in [3.63, 3.8) is 0 Å². The lowest BCUT2D eigenvalue weighted by molar-refractivity contribution is -0.384. The fourth-order valence-electron chi connectivity index (χ4n) is 2.36. The van der Waals surface area contributed by atoms with Crippen molar-refractivity contribution in [1.29, 1.82) is 0 Å². The third-order valence-electron chi connectivity index (χ3n) is 3.70. The second-order valence-electron chi connectivity index (χ2n) is 6.23. The third-order valence-corrected chi connectivity index (χ3v) is 3.70. The first-order valence-corrected chi connectivity index (χ1v) is 8.37. The zero-order chi connectivity index (χ0) is 19.1. The zero-order valence-corrected chi connectivity index (χ0v) is 15.1. The van der Waals surface area contributed by atoms with Crippen molar-refractivity contribution in [2.24, 2.45) is 5.92 Å². The second kappa shape index (κ2) is 8.84. The summed E-state index contributed by atoms with van der Waals surface area (Å²) in [5.41, 5.74) is 1.56. The highest BCUT2D eigenvalue weighted by Gasteiger charge is 2.16. The van der Waals surface area contributed by atoms with Gasteiger partial charge in [-0.1, -0.05) is 32.0 Å². The molecule has 2 aromatic rings. The van der Waals surface area contributed by atoms with Crippen molar-refractivity contribution in [2.45, 2.75) is 20.4 Å². The number of ether oxygens (including phenoxy) is 1. The molecule has 0 unspecified atom stereocenters. The summed E-state index contributed by atoms with van der Waals surface area (Å²) in [5.74, 6) is 0.795. The van der Waals surface area contributed by atoms with Crippen LogP contribution in [0.5, 0.6) is 5.75 Å². The van der Waals surface area contributed by atoms with E-state index in [-0.39, 0.29) is 17.2 Å². The molecule has 2 rings (SSSR count). The van der Waals surface area contributed by atoms with E-state index in [1.165, 1.54) is 19.2 Å². The fraction of sp³-hybridized carbons (Fsp3) is 0.316. The van der Waals surface area contributed by atoms with Crippen molar-refractivity contribution in [3.05, 3.63) is 63.7 Å². The van der Waals surface area contributed by atoms with Gasteiger partial charge in [0.25, 0.3) is 11.6 Å². The summed E-state index contributed by atoms with van der Waals surface area (Å²) in [6.07, 6.45) is 0. The maximum absolute atomic E-state index is 12.1. The molecule has 138 valence electrons. The van der Waals surface area contributed by atoms with E-state index in [1.807, 2.05) is 24.3 Å². The number of nitro groups is 1. The molecule has 0 saturated heterocycles. The molecule has 0 heterocycles. The molecule has 26 heavy (non-hydrogen) atoms. The van der Waals surface area contributed by atoms with Crippen LogP contribution in [0.15, 0.2) is 42.5 Å². The smallest absolute Gasteiger partial charge is 0.270 e. The van der Waals surface area contributed by atoms with Crippen LogP contribution in [0.4, 0.5) is 11.4 Å². The van der Waals surface area contributed by atoms with Gasteiger partial charge < -0.3 is 15.4 Å². The van der Waals surface area contributed by atoms with Gasteiger partial charge in [-0.05, 0) is 18.1 Å². The molecule has 0 aliphatic heterocycles. The monoisotopic (exact) mass is 357 g/mol. The summed E-state index contributed by atoms with van der Waals surface area (Å²) in [5, 5.41) is 16.6. The lowest BCUT2D eigenvalue weighted by Crippen LogP contribution is -2.20. The molecule has 2 N–H and O–H groups in total. The van der Waals surface area contributed by atoms with Gasteiger partial charge in [0.05, 0.1) is 17.1 Å². The van der Waals surface area contributed by atoms with Crippen LogP contribution >= 0.6 is 0 Å². The van der Waals surface area contributed by atoms with Gasteiger partial charge >= 0.3 is 0 Å². The number of non-ortho nitro benzene ring substituents is 1. The lowest BCUT2D eigenvalue weighted by Gasteiger charge is -2.15. The lowest BCUT2D eigenvalue weighted by atomic mass is 10.1. The molecule has 0 spiro atoms. The molecule has 0 aromatic heterocycles. The van der Waals surface area contributed by atoms with Gasteiger partial charge in [0.1, 0.15) is 5.75 Å². The number of amides is 1. The summed E-state index contributed by atoms with van der Waals surface area (Å²) < 4.78 is 5.83. The van der Waals surface area contributed by atoms with Crippen molar-refractivity contribution >= 4 is 17.3 Å². The number of anilines is 1. The van der Waals surface area contributed by atoms with Crippen LogP contribution in [-0.4, -0.2) is 24.5 Å². The van der Waals surface area contributed by atoms with Gasteiger partial charge in [0.2, 0.25) is 0 Å². The van der Waals surface area contributed by atoms with E-state index < -0.39 is 4.92 Å². The minimum atomic E-state index is -0.523. The van der Waals surface area contributed by atoms with E-state index in [1.54, 1.807) is 6.07 Å². The standard InChI is InChI=1S/C19H23N3O4/c1-13(2)12-26-18-7-5-4-6-14(18)11-21-17-9-8-15(22(24)25)10-16(17)19(23)20-3/h4-10,13,21H,11-12H2,1-3H3,(H,20,23). The number of hydrogen-bond donors (Lipinski definition) is 2. The highest BCUT2D eigenvalue weighted by Crippen LogP contribution is 2.25. The molecular formula is C19H23N3O4. The molecule has 0 bridgehead atoms. The topological polar surface area (TPSA) is 93.5 Å². The van der Waals surface area contributed by atoms with E-state index >= 15 is 0 Å². The van der Waals surface area contributed by atoms with E-state index in [4.69, 9.17) is 4.74 Å². The summed E-state index contributed by atoms with van der Waals surface area (Å²) in [6.45, 7) is 5.19. The Labute approximate surface area is 152 Å². The summed E-state index contributed by atoms with van der Waals surface area (Å²) in [7, 11) is 1.49. The molecule has 7 heteroatoms. The van der Waals surface area contributed by atoms with Gasteiger partial charge in [-0.2, -0.15) is 0 Å². The predicted octanol–water partition coefficient (Wildman–Crippen LogP) is 3.60. The minimum absolute atomic E-state index is 0.130. The van der Waals surface area contributed by atoms with Crippen LogP contribution in [0.3, 0.4) is 0 Å². The number of para-hydroxylation sites is 1. The first-order valence-electron chi connectivity index (χ1n) is 8.37. The number of carbonyl (C=O) groups is 1. The zero-order valence-electron chi connectivity index (χ0n) is 15.1. The summed E-state index contributed by atoms with van der Waals surface area (Å²) in [4.78, 5) is 22.5. The van der Waals surface area contributed by atoms with E-state index in [0.29, 0.717) is 24.8 Å². The van der Waals surface area contributed by atoms with Crippen LogP contribution in [0.1, 0.15) is 29.8 Å². The maximum Gasteiger partial charge on any atom is 0.270 e. The molecular weight excluding hydrogens is 334 g/mol. The minimum Gasteiger partial charge on any atom is -0.493 e. The second-order valence-corrected chi connectivity index (χ2v) is 6.23. The van der Waals surface area contributed by atoms with Gasteiger partial charge in [-0.25, -0.2) is 0 Å². The van der Waals surface area contributed by atoms with E-state index in [2.05, 4.69) is 24.5 Å². The van der Waals surface area contributed by atoms with Crippen LogP contribution in [-0.2, 0) is 6.54 Å². The highest BCUT2D eigenvalue weighted by molar-refractivity contribution is 6.00. The predicted molar refractivity (Wildman–Crippen MR) is 101 cm³/mol. The average molecular weight is 357 g/mol. The molecule has 1 amide bonds. The molecule has 0 aliphatic rings. The molecule has 0 atom stereocenters. The van der Waals surface area contributed by atoms with Crippen LogP contribution in [0.2, 0.25) is 0 Å². The van der Waals surface area contributed by atoms with Crippen LogP contribution in [0, 0.1) is 16.0 Å². The Morgan fingerprint density at radius 3 is 2.62 bits per heavy atom. The van der Waals surface area contributed by atoms with Gasteiger partial charge in [0, 0.05) is 37.0 Å². The molecule has 0 fully saturated rings. The Bertz CT molecular complexity index is 790. The number of rotatable bonds is 8. The Kier molecular flexibility index (Phi) is 6.54. The van der Waals surface area contributed by atoms with Gasteiger partial charge in [-0.15, -0.1) is 0 Å². The van der Waals surface area contributed by atoms with Crippen molar-refractivity contribution in [2.75, 3.05) is 19.0 Å². The molecule has 7 nitrogen and oxygen atoms in total. The summed E-state index contributed by atoms with van der Waals surface area (Å²) in [6, 6.07) is 11.8. The number of benzene rings is 2. The van der Waals surface area contributed by atoms with Crippen molar-refractivity contribution in [3.8, 4) is 5.75 Å². The summed E-state index contributed by atoms with van der Waals surface area (Å²) >= 11 is 0. The third kappa shape index (κ3) is 4.95. The Hall–Kier alpha value is -3.09. The number of nitrogens with zero attached hydrogens (tertiary/aromatic N) is 1. The number of nitro benzene ring substituents is 1. The van der Waals surface area contributed by atoms with E-state index in [9.17, 15) is 14.9 Å². The number of hydrogen-bond acceptors (Lipinski definition) is 5. The molecule has 0 radical (unpaired) electrons. The Morgan fingerprint density at radius 2 is 1.96 bits per heavy atom.